The number of nitrogens with one attached hydrogen (secondary N) is 2. The number of benzene rings is 1. The summed E-state index contributed by atoms with van der Waals surface area (Å²) in [4.78, 5) is 42.2. The van der Waals surface area contributed by atoms with Gasteiger partial charge in [0.2, 0.25) is 0 Å². The van der Waals surface area contributed by atoms with E-state index >= 15 is 0 Å². The number of H-pyrrole nitrogens is 1. The zero-order valence-corrected chi connectivity index (χ0v) is 14.5. The SMILES string of the molecule is Cc1cc(Br)ccc1NC(=O)c1cnc2c(c1)c(=O)[nH]c(=O)n2C. The van der Waals surface area contributed by atoms with E-state index in [0.717, 1.165) is 10.0 Å². The van der Waals surface area contributed by atoms with Crippen LogP contribution in [0.5, 0.6) is 0 Å². The number of pyridine rings is 1. The normalized spacial score (nSPS) is 10.8. The number of fused-ring (bicyclic) bond motifs is 1. The molecule has 0 spiro atoms. The number of aromatic amines is 1. The minimum atomic E-state index is -0.574. The summed E-state index contributed by atoms with van der Waals surface area (Å²) in [6.45, 7) is 1.87. The molecule has 0 bridgehead atoms. The molecule has 0 aliphatic heterocycles. The third-order valence-electron chi connectivity index (χ3n) is 3.65. The molecule has 0 aliphatic rings. The van der Waals surface area contributed by atoms with Gasteiger partial charge in [0, 0.05) is 23.4 Å². The molecular weight excluding hydrogens is 376 g/mol. The summed E-state index contributed by atoms with van der Waals surface area (Å²) in [7, 11) is 1.50. The fourth-order valence-electron chi connectivity index (χ4n) is 2.32. The van der Waals surface area contributed by atoms with E-state index in [-0.39, 0.29) is 22.5 Å². The Morgan fingerprint density at radius 2 is 2.04 bits per heavy atom. The van der Waals surface area contributed by atoms with Gasteiger partial charge in [0.15, 0.2) is 0 Å². The van der Waals surface area contributed by atoms with Crippen LogP contribution in [-0.2, 0) is 7.05 Å². The molecule has 1 aromatic carbocycles. The fraction of sp³-hybridized carbons (Fsp3) is 0.125. The van der Waals surface area contributed by atoms with Gasteiger partial charge in [-0.05, 0) is 36.8 Å². The largest absolute Gasteiger partial charge is 0.329 e. The van der Waals surface area contributed by atoms with Crippen LogP contribution < -0.4 is 16.6 Å². The van der Waals surface area contributed by atoms with Crippen LogP contribution in [-0.4, -0.2) is 20.4 Å². The Bertz CT molecular complexity index is 1080. The number of hydrogen-bond donors (Lipinski definition) is 2. The highest BCUT2D eigenvalue weighted by molar-refractivity contribution is 9.10. The second-order valence-electron chi connectivity index (χ2n) is 5.33. The number of halogens is 1. The molecule has 8 heteroatoms. The van der Waals surface area contributed by atoms with E-state index in [1.807, 2.05) is 19.1 Å². The molecule has 24 heavy (non-hydrogen) atoms. The topological polar surface area (TPSA) is 96.8 Å². The zero-order chi connectivity index (χ0) is 17.4. The minimum Gasteiger partial charge on any atom is -0.322 e. The van der Waals surface area contributed by atoms with Crippen molar-refractivity contribution in [3.63, 3.8) is 0 Å². The molecule has 0 radical (unpaired) electrons. The highest BCUT2D eigenvalue weighted by Gasteiger charge is 2.12. The second-order valence-corrected chi connectivity index (χ2v) is 6.24. The molecule has 0 saturated carbocycles. The van der Waals surface area contributed by atoms with Crippen molar-refractivity contribution in [3.05, 3.63) is 66.9 Å². The molecule has 122 valence electrons. The molecule has 1 amide bonds. The first-order valence-corrected chi connectivity index (χ1v) is 7.82. The molecule has 0 unspecified atom stereocenters. The van der Waals surface area contributed by atoms with Gasteiger partial charge in [0.05, 0.1) is 10.9 Å². The van der Waals surface area contributed by atoms with Crippen LogP contribution in [0.4, 0.5) is 5.69 Å². The van der Waals surface area contributed by atoms with E-state index in [4.69, 9.17) is 0 Å². The summed E-state index contributed by atoms with van der Waals surface area (Å²) in [5, 5.41) is 2.96. The number of aryl methyl sites for hydroxylation is 2. The van der Waals surface area contributed by atoms with Crippen LogP contribution in [0.15, 0.2) is 44.5 Å². The Morgan fingerprint density at radius 3 is 2.75 bits per heavy atom. The average Bonchev–Trinajstić information content (AvgIpc) is 2.55. The maximum atomic E-state index is 12.4. The summed E-state index contributed by atoms with van der Waals surface area (Å²) < 4.78 is 2.13. The Morgan fingerprint density at radius 1 is 1.29 bits per heavy atom. The lowest BCUT2D eigenvalue weighted by Gasteiger charge is -2.09. The molecule has 2 heterocycles. The number of nitrogens with zero attached hydrogens (tertiary/aromatic N) is 2. The molecule has 7 nitrogen and oxygen atoms in total. The number of rotatable bonds is 2. The Labute approximate surface area is 144 Å². The van der Waals surface area contributed by atoms with Crippen molar-refractivity contribution < 1.29 is 4.79 Å². The highest BCUT2D eigenvalue weighted by atomic mass is 79.9. The fourth-order valence-corrected chi connectivity index (χ4v) is 2.80. The quantitative estimate of drug-likeness (QED) is 0.700. The Hall–Kier alpha value is -2.74. The van der Waals surface area contributed by atoms with Crippen molar-refractivity contribution in [1.29, 1.82) is 0 Å². The summed E-state index contributed by atoms with van der Waals surface area (Å²) in [6, 6.07) is 6.91. The molecule has 2 N–H and O–H groups in total. The van der Waals surface area contributed by atoms with Gasteiger partial charge in [-0.15, -0.1) is 0 Å². The standard InChI is InChI=1S/C16H13BrN4O3/c1-8-5-10(17)3-4-12(8)19-14(22)9-6-11-13(18-7-9)21(2)16(24)20-15(11)23/h3-7H,1-2H3,(H,19,22)(H,20,23,24). The van der Waals surface area contributed by atoms with E-state index in [0.29, 0.717) is 5.69 Å². The number of carbonyl (C=O) groups excluding carboxylic acids is 1. The summed E-state index contributed by atoms with van der Waals surface area (Å²) in [5.41, 5.74) is 0.885. The lowest BCUT2D eigenvalue weighted by atomic mass is 10.1. The van der Waals surface area contributed by atoms with Gasteiger partial charge >= 0.3 is 5.69 Å². The number of hydrogen-bond acceptors (Lipinski definition) is 4. The predicted octanol–water partition coefficient (Wildman–Crippen LogP) is 1.95. The molecule has 3 aromatic rings. The monoisotopic (exact) mass is 388 g/mol. The summed E-state index contributed by atoms with van der Waals surface area (Å²) in [5.74, 6) is -0.386. The first-order valence-electron chi connectivity index (χ1n) is 7.03. The Kier molecular flexibility index (Phi) is 4.06. The number of amides is 1. The summed E-state index contributed by atoms with van der Waals surface area (Å²) in [6.07, 6.45) is 1.34. The molecule has 0 saturated heterocycles. The van der Waals surface area contributed by atoms with Crippen molar-refractivity contribution in [2.24, 2.45) is 7.05 Å². The van der Waals surface area contributed by atoms with E-state index in [2.05, 4.69) is 31.2 Å². The molecule has 0 aliphatic carbocycles. The van der Waals surface area contributed by atoms with Crippen LogP contribution >= 0.6 is 15.9 Å². The maximum Gasteiger partial charge on any atom is 0.329 e. The van der Waals surface area contributed by atoms with Gasteiger partial charge in [0.1, 0.15) is 5.65 Å². The van der Waals surface area contributed by atoms with Crippen molar-refractivity contribution in [1.82, 2.24) is 14.5 Å². The van der Waals surface area contributed by atoms with Gasteiger partial charge in [-0.3, -0.25) is 19.1 Å². The second kappa shape index (κ2) is 6.04. The first kappa shape index (κ1) is 16.1. The van der Waals surface area contributed by atoms with Crippen LogP contribution in [0.25, 0.3) is 11.0 Å². The molecular formula is C16H13BrN4O3. The molecule has 3 rings (SSSR count). The van der Waals surface area contributed by atoms with Crippen LogP contribution in [0.3, 0.4) is 0 Å². The predicted molar refractivity (Wildman–Crippen MR) is 94.4 cm³/mol. The smallest absolute Gasteiger partial charge is 0.322 e. The van der Waals surface area contributed by atoms with Crippen molar-refractivity contribution in [2.45, 2.75) is 6.92 Å². The van der Waals surface area contributed by atoms with Gasteiger partial charge in [-0.2, -0.15) is 0 Å². The average molecular weight is 389 g/mol. The van der Waals surface area contributed by atoms with Crippen molar-refractivity contribution in [3.8, 4) is 0 Å². The van der Waals surface area contributed by atoms with Crippen LogP contribution in [0, 0.1) is 6.92 Å². The lowest BCUT2D eigenvalue weighted by molar-refractivity contribution is 0.102. The third-order valence-corrected chi connectivity index (χ3v) is 4.15. The lowest BCUT2D eigenvalue weighted by Crippen LogP contribution is -2.29. The highest BCUT2D eigenvalue weighted by Crippen LogP contribution is 2.20. The van der Waals surface area contributed by atoms with E-state index in [1.54, 1.807) is 6.07 Å². The van der Waals surface area contributed by atoms with E-state index in [9.17, 15) is 14.4 Å². The van der Waals surface area contributed by atoms with Crippen LogP contribution in [0.2, 0.25) is 0 Å². The van der Waals surface area contributed by atoms with Crippen molar-refractivity contribution >= 4 is 38.6 Å². The van der Waals surface area contributed by atoms with E-state index in [1.165, 1.54) is 23.9 Å². The van der Waals surface area contributed by atoms with Gasteiger partial charge < -0.3 is 5.32 Å². The summed E-state index contributed by atoms with van der Waals surface area (Å²) >= 11 is 3.37. The van der Waals surface area contributed by atoms with Crippen LogP contribution in [0.1, 0.15) is 15.9 Å². The van der Waals surface area contributed by atoms with Gasteiger partial charge in [0.25, 0.3) is 11.5 Å². The molecule has 0 fully saturated rings. The van der Waals surface area contributed by atoms with Gasteiger partial charge in [-0.1, -0.05) is 15.9 Å². The molecule has 0 atom stereocenters. The molecule has 2 aromatic heterocycles. The maximum absolute atomic E-state index is 12.4. The van der Waals surface area contributed by atoms with Gasteiger partial charge in [-0.25, -0.2) is 9.78 Å². The number of anilines is 1. The minimum absolute atomic E-state index is 0.178. The van der Waals surface area contributed by atoms with Crippen molar-refractivity contribution in [2.75, 3.05) is 5.32 Å². The van der Waals surface area contributed by atoms with E-state index < -0.39 is 11.2 Å². The Balaban J connectivity index is 2.02. The zero-order valence-electron chi connectivity index (χ0n) is 12.9. The first-order chi connectivity index (χ1) is 11.4. The number of carbonyl (C=O) groups is 1. The third kappa shape index (κ3) is 2.88. The number of aromatic nitrogens is 3.